The van der Waals surface area contributed by atoms with Crippen molar-refractivity contribution in [1.82, 2.24) is 9.78 Å². The zero-order chi connectivity index (χ0) is 20.1. The van der Waals surface area contributed by atoms with Crippen LogP contribution in [0.2, 0.25) is 0 Å². The maximum Gasteiger partial charge on any atom is 0.194 e. The van der Waals surface area contributed by atoms with E-state index < -0.39 is 0 Å². The maximum absolute atomic E-state index is 13.0. The zero-order valence-electron chi connectivity index (χ0n) is 16.7. The van der Waals surface area contributed by atoms with E-state index in [-0.39, 0.29) is 5.78 Å². The van der Waals surface area contributed by atoms with Crippen LogP contribution in [0.3, 0.4) is 0 Å². The Kier molecular flexibility index (Phi) is 3.96. The van der Waals surface area contributed by atoms with Crippen molar-refractivity contribution in [2.75, 3.05) is 31.1 Å². The molecule has 0 unspecified atom stereocenters. The summed E-state index contributed by atoms with van der Waals surface area (Å²) in [7, 11) is 0. The van der Waals surface area contributed by atoms with Crippen LogP contribution in [0.5, 0.6) is 0 Å². The van der Waals surface area contributed by atoms with E-state index in [1.807, 2.05) is 36.4 Å². The quantitative estimate of drug-likeness (QED) is 0.511. The number of benzene rings is 3. The first-order chi connectivity index (χ1) is 14.8. The lowest BCUT2D eigenvalue weighted by Crippen LogP contribution is -3.14. The highest BCUT2D eigenvalue weighted by Crippen LogP contribution is 2.38. The van der Waals surface area contributed by atoms with Crippen molar-refractivity contribution in [2.24, 2.45) is 0 Å². The van der Waals surface area contributed by atoms with Crippen LogP contribution in [0.15, 0.2) is 72.8 Å². The van der Waals surface area contributed by atoms with E-state index in [2.05, 4.69) is 46.0 Å². The summed E-state index contributed by atoms with van der Waals surface area (Å²) >= 11 is 0. The molecule has 1 saturated heterocycles. The first-order valence-corrected chi connectivity index (χ1v) is 10.6. The number of piperazine rings is 1. The van der Waals surface area contributed by atoms with Gasteiger partial charge in [0.1, 0.15) is 5.69 Å². The minimum Gasteiger partial charge on any atom is -0.360 e. The third-order valence-electron chi connectivity index (χ3n) is 6.41. The van der Waals surface area contributed by atoms with E-state index in [1.165, 1.54) is 10.6 Å². The summed E-state index contributed by atoms with van der Waals surface area (Å²) in [5, 5.41) is 6.00. The molecule has 5 nitrogen and oxygen atoms in total. The SMILES string of the molecule is O=C1c2ccccc2-c2nn(C[NH+]3CCN(c4ccccc4)CC3)c3cccc1c23. The molecule has 6 rings (SSSR count). The Hall–Kier alpha value is -3.44. The Labute approximate surface area is 175 Å². The van der Waals surface area contributed by atoms with Crippen molar-refractivity contribution >= 4 is 22.4 Å². The molecule has 1 fully saturated rings. The highest BCUT2D eigenvalue weighted by atomic mass is 16.1. The van der Waals surface area contributed by atoms with Crippen molar-refractivity contribution in [3.8, 4) is 11.3 Å². The van der Waals surface area contributed by atoms with E-state index in [0.29, 0.717) is 0 Å². The van der Waals surface area contributed by atoms with Crippen LogP contribution in [-0.2, 0) is 6.67 Å². The van der Waals surface area contributed by atoms with Crippen LogP contribution in [-0.4, -0.2) is 41.7 Å². The van der Waals surface area contributed by atoms with Crippen LogP contribution >= 0.6 is 0 Å². The number of hydrogen-bond acceptors (Lipinski definition) is 3. The monoisotopic (exact) mass is 395 g/mol. The van der Waals surface area contributed by atoms with Crippen LogP contribution in [0.4, 0.5) is 5.69 Å². The number of aromatic nitrogens is 2. The molecular weight excluding hydrogens is 372 g/mol. The van der Waals surface area contributed by atoms with Gasteiger partial charge in [-0.2, -0.15) is 5.10 Å². The lowest BCUT2D eigenvalue weighted by Gasteiger charge is -2.33. The number of rotatable bonds is 3. The number of nitrogens with zero attached hydrogens (tertiary/aromatic N) is 3. The van der Waals surface area contributed by atoms with Crippen LogP contribution in [0.1, 0.15) is 15.9 Å². The summed E-state index contributed by atoms with van der Waals surface area (Å²) in [4.78, 5) is 17.0. The lowest BCUT2D eigenvalue weighted by molar-refractivity contribution is -0.923. The van der Waals surface area contributed by atoms with E-state index in [9.17, 15) is 4.79 Å². The molecule has 0 saturated carbocycles. The average molecular weight is 395 g/mol. The number of carbonyl (C=O) groups excluding carboxylic acids is 1. The van der Waals surface area contributed by atoms with Crippen molar-refractivity contribution in [2.45, 2.75) is 6.67 Å². The normalized spacial score (nSPS) is 16.1. The van der Waals surface area contributed by atoms with Gasteiger partial charge in [-0.3, -0.25) is 4.79 Å². The Morgan fingerprint density at radius 2 is 1.50 bits per heavy atom. The second-order valence-corrected chi connectivity index (χ2v) is 8.15. The number of quaternary nitrogens is 1. The van der Waals surface area contributed by atoms with Crippen LogP contribution in [0, 0.1) is 0 Å². The molecule has 30 heavy (non-hydrogen) atoms. The molecule has 4 aromatic rings. The molecular formula is C25H23N4O+. The Balaban J connectivity index is 1.31. The van der Waals surface area contributed by atoms with E-state index in [0.717, 1.165) is 66.1 Å². The van der Waals surface area contributed by atoms with Gasteiger partial charge in [-0.1, -0.05) is 54.6 Å². The summed E-state index contributed by atoms with van der Waals surface area (Å²) in [6.45, 7) is 5.04. The van der Waals surface area contributed by atoms with E-state index in [1.54, 1.807) is 0 Å². The van der Waals surface area contributed by atoms with Gasteiger partial charge >= 0.3 is 0 Å². The summed E-state index contributed by atoms with van der Waals surface area (Å²) in [5.74, 6) is 0.104. The second kappa shape index (κ2) is 6.82. The van der Waals surface area contributed by atoms with Crippen molar-refractivity contribution < 1.29 is 9.69 Å². The molecule has 0 atom stereocenters. The first-order valence-electron chi connectivity index (χ1n) is 10.6. The Bertz CT molecular complexity index is 1250. The summed E-state index contributed by atoms with van der Waals surface area (Å²) in [6, 6.07) is 24.5. The third kappa shape index (κ3) is 2.66. The molecule has 2 aliphatic rings. The molecule has 0 bridgehead atoms. The third-order valence-corrected chi connectivity index (χ3v) is 6.41. The van der Waals surface area contributed by atoms with Gasteiger partial charge in [-0.15, -0.1) is 0 Å². The molecule has 1 aliphatic heterocycles. The molecule has 2 heterocycles. The highest BCUT2D eigenvalue weighted by molar-refractivity contribution is 6.25. The van der Waals surface area contributed by atoms with Crippen molar-refractivity contribution in [1.29, 1.82) is 0 Å². The molecule has 0 amide bonds. The molecule has 1 aromatic heterocycles. The molecule has 0 radical (unpaired) electrons. The largest absolute Gasteiger partial charge is 0.360 e. The molecule has 1 aliphatic carbocycles. The molecule has 148 valence electrons. The minimum absolute atomic E-state index is 0.104. The predicted octanol–water partition coefficient (Wildman–Crippen LogP) is 2.61. The van der Waals surface area contributed by atoms with Gasteiger partial charge < -0.3 is 9.80 Å². The average Bonchev–Trinajstić information content (AvgIpc) is 3.18. The van der Waals surface area contributed by atoms with Gasteiger partial charge in [-0.05, 0) is 18.2 Å². The van der Waals surface area contributed by atoms with Gasteiger partial charge in [0.2, 0.25) is 0 Å². The topological polar surface area (TPSA) is 42.6 Å². The van der Waals surface area contributed by atoms with E-state index in [4.69, 9.17) is 5.10 Å². The minimum atomic E-state index is 0.104. The van der Waals surface area contributed by atoms with E-state index >= 15 is 0 Å². The number of nitrogens with one attached hydrogen (secondary N) is 1. The number of ketones is 1. The highest BCUT2D eigenvalue weighted by Gasteiger charge is 2.29. The maximum atomic E-state index is 13.0. The predicted molar refractivity (Wildman–Crippen MR) is 118 cm³/mol. The smallest absolute Gasteiger partial charge is 0.194 e. The van der Waals surface area contributed by atoms with Gasteiger partial charge in [-0.25, -0.2) is 4.68 Å². The number of para-hydroxylation sites is 1. The van der Waals surface area contributed by atoms with Crippen molar-refractivity contribution in [3.63, 3.8) is 0 Å². The Morgan fingerprint density at radius 3 is 2.30 bits per heavy atom. The molecule has 5 heteroatoms. The van der Waals surface area contributed by atoms with Crippen molar-refractivity contribution in [3.05, 3.63) is 83.9 Å². The van der Waals surface area contributed by atoms with Gasteiger partial charge in [0, 0.05) is 27.8 Å². The molecule has 3 aromatic carbocycles. The lowest BCUT2D eigenvalue weighted by atomic mass is 9.87. The summed E-state index contributed by atoms with van der Waals surface area (Å²) in [6.07, 6.45) is 0. The molecule has 0 spiro atoms. The number of fused-ring (bicyclic) bond motifs is 2. The fourth-order valence-corrected chi connectivity index (χ4v) is 4.85. The Morgan fingerprint density at radius 1 is 0.800 bits per heavy atom. The standard InChI is InChI=1S/C25H22N4O/c30-25-20-10-5-4-9-19(20)24-23-21(25)11-6-12-22(23)29(26-24)17-27-13-15-28(16-14-27)18-7-2-1-3-8-18/h1-12H,13-17H2/p+1. The summed E-state index contributed by atoms with van der Waals surface area (Å²) < 4.78 is 2.11. The first kappa shape index (κ1) is 17.4. The van der Waals surface area contributed by atoms with Gasteiger partial charge in [0.05, 0.1) is 31.7 Å². The zero-order valence-corrected chi connectivity index (χ0v) is 16.7. The fraction of sp³-hybridized carbons (Fsp3) is 0.200. The second-order valence-electron chi connectivity index (χ2n) is 8.15. The van der Waals surface area contributed by atoms with Gasteiger partial charge in [0.15, 0.2) is 12.5 Å². The van der Waals surface area contributed by atoms with Crippen LogP contribution in [0.25, 0.3) is 22.2 Å². The molecule has 1 N–H and O–H groups in total. The van der Waals surface area contributed by atoms with Crippen LogP contribution < -0.4 is 9.80 Å². The number of anilines is 1. The van der Waals surface area contributed by atoms with Gasteiger partial charge in [0.25, 0.3) is 0 Å². The summed E-state index contributed by atoms with van der Waals surface area (Å²) in [5.41, 5.74) is 5.78. The fourth-order valence-electron chi connectivity index (χ4n) is 4.85. The number of carbonyl (C=O) groups is 1. The number of hydrogen-bond donors (Lipinski definition) is 1.